The van der Waals surface area contributed by atoms with Crippen LogP contribution in [0.4, 0.5) is 0 Å². The van der Waals surface area contributed by atoms with Crippen LogP contribution in [0.1, 0.15) is 22.4 Å². The van der Waals surface area contributed by atoms with E-state index in [0.29, 0.717) is 11.5 Å². The molecule has 2 aromatic rings. The molecule has 2 N–H and O–H groups in total. The standard InChI is InChI=1S/C11H14N2O3S2/c1-7-11(8(2)16-13-7)18(14,15)6-9(12)10-4-3-5-17-10/h3-5,9H,6,12H2,1-2H3. The molecule has 0 saturated carbocycles. The number of rotatable bonds is 4. The van der Waals surface area contributed by atoms with Crippen LogP contribution in [0.2, 0.25) is 0 Å². The number of hydrogen-bond donors (Lipinski definition) is 1. The highest BCUT2D eigenvalue weighted by Gasteiger charge is 2.27. The van der Waals surface area contributed by atoms with Crippen molar-refractivity contribution in [1.82, 2.24) is 5.16 Å². The molecule has 0 saturated heterocycles. The van der Waals surface area contributed by atoms with Crippen LogP contribution in [-0.4, -0.2) is 19.3 Å². The number of aryl methyl sites for hydroxylation is 2. The van der Waals surface area contributed by atoms with Gasteiger partial charge in [0.2, 0.25) is 0 Å². The second-order valence-electron chi connectivity index (χ2n) is 4.06. The summed E-state index contributed by atoms with van der Waals surface area (Å²) in [6.07, 6.45) is 0. The van der Waals surface area contributed by atoms with Gasteiger partial charge in [-0.25, -0.2) is 8.42 Å². The Labute approximate surface area is 110 Å². The molecule has 0 amide bonds. The number of nitrogens with zero attached hydrogens (tertiary/aromatic N) is 1. The van der Waals surface area contributed by atoms with Gasteiger partial charge in [-0.05, 0) is 25.3 Å². The summed E-state index contributed by atoms with van der Waals surface area (Å²) in [6, 6.07) is 3.16. The second-order valence-corrected chi connectivity index (χ2v) is 7.01. The summed E-state index contributed by atoms with van der Waals surface area (Å²) in [7, 11) is -3.48. The second kappa shape index (κ2) is 4.83. The molecule has 0 fully saturated rings. The van der Waals surface area contributed by atoms with Crippen LogP contribution in [0.15, 0.2) is 26.9 Å². The molecule has 0 bridgehead atoms. The Morgan fingerprint density at radius 3 is 2.72 bits per heavy atom. The van der Waals surface area contributed by atoms with Gasteiger partial charge in [0.15, 0.2) is 15.6 Å². The van der Waals surface area contributed by atoms with E-state index in [1.807, 2.05) is 17.5 Å². The van der Waals surface area contributed by atoms with Crippen molar-refractivity contribution < 1.29 is 12.9 Å². The third kappa shape index (κ3) is 2.47. The Hall–Kier alpha value is -1.18. The molecule has 0 aromatic carbocycles. The summed E-state index contributed by atoms with van der Waals surface area (Å²) in [5.41, 5.74) is 6.29. The van der Waals surface area contributed by atoms with Gasteiger partial charge < -0.3 is 10.3 Å². The van der Waals surface area contributed by atoms with Crippen LogP contribution < -0.4 is 5.73 Å². The van der Waals surface area contributed by atoms with Gasteiger partial charge in [-0.3, -0.25) is 0 Å². The van der Waals surface area contributed by atoms with Gasteiger partial charge in [0, 0.05) is 4.88 Å². The summed E-state index contributed by atoms with van der Waals surface area (Å²) in [5, 5.41) is 5.53. The van der Waals surface area contributed by atoms with E-state index in [0.717, 1.165) is 4.88 Å². The third-order valence-electron chi connectivity index (χ3n) is 2.59. The maximum Gasteiger partial charge on any atom is 0.185 e. The molecule has 0 radical (unpaired) electrons. The number of hydrogen-bond acceptors (Lipinski definition) is 6. The zero-order chi connectivity index (χ0) is 13.3. The first kappa shape index (κ1) is 13.3. The van der Waals surface area contributed by atoms with Gasteiger partial charge in [-0.15, -0.1) is 11.3 Å². The first-order chi connectivity index (χ1) is 8.42. The van der Waals surface area contributed by atoms with E-state index in [-0.39, 0.29) is 10.6 Å². The summed E-state index contributed by atoms with van der Waals surface area (Å²) < 4.78 is 29.4. The van der Waals surface area contributed by atoms with Gasteiger partial charge in [0.1, 0.15) is 4.90 Å². The van der Waals surface area contributed by atoms with Crippen molar-refractivity contribution in [2.75, 3.05) is 5.75 Å². The van der Waals surface area contributed by atoms with Crippen LogP contribution in [-0.2, 0) is 9.84 Å². The zero-order valence-electron chi connectivity index (χ0n) is 10.1. The Morgan fingerprint density at radius 1 is 1.50 bits per heavy atom. The van der Waals surface area contributed by atoms with Crippen LogP contribution in [0.25, 0.3) is 0 Å². The van der Waals surface area contributed by atoms with E-state index in [2.05, 4.69) is 5.16 Å². The molecule has 98 valence electrons. The minimum absolute atomic E-state index is 0.142. The molecule has 1 unspecified atom stereocenters. The summed E-state index contributed by atoms with van der Waals surface area (Å²) in [4.78, 5) is 1.01. The topological polar surface area (TPSA) is 86.2 Å². The van der Waals surface area contributed by atoms with Gasteiger partial charge in [-0.2, -0.15) is 0 Å². The van der Waals surface area contributed by atoms with Crippen molar-refractivity contribution in [3.05, 3.63) is 33.8 Å². The Kier molecular flexibility index (Phi) is 3.56. The van der Waals surface area contributed by atoms with Crippen molar-refractivity contribution in [2.45, 2.75) is 24.8 Å². The predicted molar refractivity (Wildman–Crippen MR) is 69.3 cm³/mol. The Morgan fingerprint density at radius 2 is 2.22 bits per heavy atom. The molecule has 0 aliphatic rings. The normalized spacial score (nSPS) is 13.7. The maximum atomic E-state index is 12.3. The Bertz CT molecular complexity index is 610. The monoisotopic (exact) mass is 286 g/mol. The highest BCUT2D eigenvalue weighted by Crippen LogP contribution is 2.25. The predicted octanol–water partition coefficient (Wildman–Crippen LogP) is 1.83. The Balaban J connectivity index is 2.28. The van der Waals surface area contributed by atoms with E-state index < -0.39 is 15.9 Å². The van der Waals surface area contributed by atoms with Crippen LogP contribution in [0.5, 0.6) is 0 Å². The van der Waals surface area contributed by atoms with E-state index in [1.165, 1.54) is 11.3 Å². The van der Waals surface area contributed by atoms with E-state index >= 15 is 0 Å². The quantitative estimate of drug-likeness (QED) is 0.926. The van der Waals surface area contributed by atoms with Crippen molar-refractivity contribution >= 4 is 21.2 Å². The van der Waals surface area contributed by atoms with Crippen LogP contribution in [0.3, 0.4) is 0 Å². The smallest absolute Gasteiger partial charge is 0.185 e. The molecule has 2 heterocycles. The molecule has 0 spiro atoms. The van der Waals surface area contributed by atoms with Gasteiger partial charge >= 0.3 is 0 Å². The number of nitrogens with two attached hydrogens (primary N) is 1. The molecule has 0 aliphatic carbocycles. The van der Waals surface area contributed by atoms with E-state index in [9.17, 15) is 8.42 Å². The number of sulfone groups is 1. The highest BCUT2D eigenvalue weighted by molar-refractivity contribution is 7.91. The third-order valence-corrected chi connectivity index (χ3v) is 5.59. The lowest BCUT2D eigenvalue weighted by Crippen LogP contribution is -2.21. The average Bonchev–Trinajstić information content (AvgIpc) is 2.87. The molecule has 5 nitrogen and oxygen atoms in total. The highest BCUT2D eigenvalue weighted by atomic mass is 32.2. The minimum atomic E-state index is -3.48. The van der Waals surface area contributed by atoms with Crippen molar-refractivity contribution in [1.29, 1.82) is 0 Å². The van der Waals surface area contributed by atoms with Gasteiger partial charge in [0.25, 0.3) is 0 Å². The van der Waals surface area contributed by atoms with Crippen molar-refractivity contribution in [2.24, 2.45) is 5.73 Å². The van der Waals surface area contributed by atoms with E-state index in [1.54, 1.807) is 13.8 Å². The number of thiophene rings is 1. The fourth-order valence-corrected chi connectivity index (χ4v) is 4.44. The molecule has 7 heteroatoms. The average molecular weight is 286 g/mol. The largest absolute Gasteiger partial charge is 0.360 e. The molecular weight excluding hydrogens is 272 g/mol. The zero-order valence-corrected chi connectivity index (χ0v) is 11.7. The molecule has 2 aromatic heterocycles. The first-order valence-electron chi connectivity index (χ1n) is 5.36. The fourth-order valence-electron chi connectivity index (χ4n) is 1.82. The summed E-state index contributed by atoms with van der Waals surface area (Å²) >= 11 is 1.45. The molecule has 18 heavy (non-hydrogen) atoms. The minimum Gasteiger partial charge on any atom is -0.360 e. The number of aromatic nitrogens is 1. The van der Waals surface area contributed by atoms with Crippen LogP contribution in [0, 0.1) is 13.8 Å². The van der Waals surface area contributed by atoms with Crippen molar-refractivity contribution in [3.63, 3.8) is 0 Å². The maximum absolute atomic E-state index is 12.3. The lowest BCUT2D eigenvalue weighted by Gasteiger charge is -2.10. The SMILES string of the molecule is Cc1noc(C)c1S(=O)(=O)CC(N)c1cccs1. The molecular formula is C11H14N2O3S2. The van der Waals surface area contributed by atoms with Gasteiger partial charge in [-0.1, -0.05) is 11.2 Å². The summed E-state index contributed by atoms with van der Waals surface area (Å²) in [6.45, 7) is 3.20. The molecule has 1 atom stereocenters. The van der Waals surface area contributed by atoms with Crippen LogP contribution >= 0.6 is 11.3 Å². The lowest BCUT2D eigenvalue weighted by molar-refractivity contribution is 0.390. The summed E-state index contributed by atoms with van der Waals surface area (Å²) in [5.74, 6) is 0.169. The molecule has 2 rings (SSSR count). The molecule has 0 aliphatic heterocycles. The first-order valence-corrected chi connectivity index (χ1v) is 7.89. The van der Waals surface area contributed by atoms with E-state index in [4.69, 9.17) is 10.3 Å². The van der Waals surface area contributed by atoms with Crippen molar-refractivity contribution in [3.8, 4) is 0 Å². The fraction of sp³-hybridized carbons (Fsp3) is 0.364. The van der Waals surface area contributed by atoms with Gasteiger partial charge in [0.05, 0.1) is 17.5 Å². The lowest BCUT2D eigenvalue weighted by atomic mass is 10.3.